The van der Waals surface area contributed by atoms with Crippen LogP contribution < -0.4 is 5.32 Å². The van der Waals surface area contributed by atoms with Gasteiger partial charge < -0.3 is 5.32 Å². The van der Waals surface area contributed by atoms with Crippen molar-refractivity contribution in [1.82, 2.24) is 5.32 Å². The monoisotopic (exact) mass is 321 g/mol. The van der Waals surface area contributed by atoms with Crippen LogP contribution in [0, 0.1) is 13.8 Å². The van der Waals surface area contributed by atoms with Crippen molar-refractivity contribution >= 4 is 23.2 Å². The number of benzene rings is 2. The molecule has 1 nitrogen and oxygen atoms in total. The minimum absolute atomic E-state index is 0.203. The van der Waals surface area contributed by atoms with E-state index >= 15 is 0 Å². The summed E-state index contributed by atoms with van der Waals surface area (Å²) >= 11 is 12.1. The van der Waals surface area contributed by atoms with E-state index in [1.807, 2.05) is 18.2 Å². The molecule has 0 bridgehead atoms. The third-order valence-electron chi connectivity index (χ3n) is 3.84. The molecule has 1 N–H and O–H groups in total. The van der Waals surface area contributed by atoms with Gasteiger partial charge in [0, 0.05) is 12.1 Å². The second-order valence-corrected chi connectivity index (χ2v) is 6.46. The van der Waals surface area contributed by atoms with Gasteiger partial charge in [-0.1, -0.05) is 53.0 Å². The van der Waals surface area contributed by atoms with E-state index in [1.165, 1.54) is 16.7 Å². The standard InChI is InChI=1S/C18H21Cl2N/c1-11-5-6-12(2)16(9-11)14(4)21-13(3)15-7-8-17(19)18(20)10-15/h5-10,13-14,21H,1-4H3. The Labute approximate surface area is 137 Å². The van der Waals surface area contributed by atoms with Crippen molar-refractivity contribution in [3.05, 3.63) is 68.7 Å². The van der Waals surface area contributed by atoms with Gasteiger partial charge >= 0.3 is 0 Å². The summed E-state index contributed by atoms with van der Waals surface area (Å²) in [5.41, 5.74) is 5.07. The van der Waals surface area contributed by atoms with E-state index in [-0.39, 0.29) is 12.1 Å². The SMILES string of the molecule is Cc1ccc(C)c(C(C)NC(C)c2ccc(Cl)c(Cl)c2)c1. The van der Waals surface area contributed by atoms with Crippen LogP contribution in [0.15, 0.2) is 36.4 Å². The fourth-order valence-corrected chi connectivity index (χ4v) is 2.88. The lowest BCUT2D eigenvalue weighted by atomic mass is 9.98. The Morgan fingerprint density at radius 3 is 2.24 bits per heavy atom. The predicted molar refractivity (Wildman–Crippen MR) is 92.3 cm³/mol. The number of nitrogens with one attached hydrogen (secondary N) is 1. The maximum absolute atomic E-state index is 6.10. The number of hydrogen-bond donors (Lipinski definition) is 1. The average Bonchev–Trinajstić information content (AvgIpc) is 2.44. The van der Waals surface area contributed by atoms with Crippen LogP contribution in [0.25, 0.3) is 0 Å². The summed E-state index contributed by atoms with van der Waals surface area (Å²) in [6.07, 6.45) is 0. The molecule has 0 spiro atoms. The molecule has 0 fully saturated rings. The first kappa shape index (κ1) is 16.4. The summed E-state index contributed by atoms with van der Waals surface area (Å²) in [5, 5.41) is 4.82. The molecule has 2 unspecified atom stereocenters. The van der Waals surface area contributed by atoms with Crippen molar-refractivity contribution in [2.75, 3.05) is 0 Å². The highest BCUT2D eigenvalue weighted by atomic mass is 35.5. The summed E-state index contributed by atoms with van der Waals surface area (Å²) in [6, 6.07) is 12.8. The van der Waals surface area contributed by atoms with Crippen molar-refractivity contribution in [3.63, 3.8) is 0 Å². The largest absolute Gasteiger partial charge is 0.304 e. The van der Waals surface area contributed by atoms with E-state index in [0.717, 1.165) is 5.56 Å². The molecule has 112 valence electrons. The molecule has 2 atom stereocenters. The predicted octanol–water partition coefficient (Wildman–Crippen LogP) is 6.02. The second-order valence-electron chi connectivity index (χ2n) is 5.64. The summed E-state index contributed by atoms with van der Waals surface area (Å²) < 4.78 is 0. The summed E-state index contributed by atoms with van der Waals surface area (Å²) in [7, 11) is 0. The maximum atomic E-state index is 6.10. The Morgan fingerprint density at radius 2 is 1.57 bits per heavy atom. The molecular formula is C18H21Cl2N. The molecular weight excluding hydrogens is 301 g/mol. The highest BCUT2D eigenvalue weighted by molar-refractivity contribution is 6.42. The second kappa shape index (κ2) is 6.83. The van der Waals surface area contributed by atoms with Gasteiger partial charge in [-0.25, -0.2) is 0 Å². The van der Waals surface area contributed by atoms with Gasteiger partial charge in [0.15, 0.2) is 0 Å². The van der Waals surface area contributed by atoms with Gasteiger partial charge in [0.1, 0.15) is 0 Å². The molecule has 2 aromatic rings. The summed E-state index contributed by atoms with van der Waals surface area (Å²) in [4.78, 5) is 0. The van der Waals surface area contributed by atoms with Gasteiger partial charge in [-0.15, -0.1) is 0 Å². The van der Waals surface area contributed by atoms with Gasteiger partial charge in [-0.3, -0.25) is 0 Å². The number of hydrogen-bond acceptors (Lipinski definition) is 1. The van der Waals surface area contributed by atoms with E-state index < -0.39 is 0 Å². The van der Waals surface area contributed by atoms with Gasteiger partial charge in [-0.2, -0.15) is 0 Å². The lowest BCUT2D eigenvalue weighted by Crippen LogP contribution is -2.23. The Balaban J connectivity index is 2.16. The Kier molecular flexibility index (Phi) is 5.32. The maximum Gasteiger partial charge on any atom is 0.0595 e. The summed E-state index contributed by atoms with van der Waals surface area (Å²) in [5.74, 6) is 0. The lowest BCUT2D eigenvalue weighted by molar-refractivity contribution is 0.493. The molecule has 0 heterocycles. The molecule has 21 heavy (non-hydrogen) atoms. The first-order valence-corrected chi connectivity index (χ1v) is 7.92. The minimum Gasteiger partial charge on any atom is -0.304 e. The molecule has 2 aromatic carbocycles. The van der Waals surface area contributed by atoms with Gasteiger partial charge in [0.2, 0.25) is 0 Å². The fraction of sp³-hybridized carbons (Fsp3) is 0.333. The normalized spacial score (nSPS) is 14.0. The van der Waals surface area contributed by atoms with E-state index in [4.69, 9.17) is 23.2 Å². The van der Waals surface area contributed by atoms with E-state index in [2.05, 4.69) is 51.2 Å². The number of rotatable bonds is 4. The quantitative estimate of drug-likeness (QED) is 0.725. The highest BCUT2D eigenvalue weighted by Gasteiger charge is 2.14. The molecule has 0 aliphatic rings. The van der Waals surface area contributed by atoms with Crippen LogP contribution in [0.2, 0.25) is 10.0 Å². The Hall–Kier alpha value is -1.02. The van der Waals surface area contributed by atoms with Crippen LogP contribution in [0.5, 0.6) is 0 Å². The topological polar surface area (TPSA) is 12.0 Å². The van der Waals surface area contributed by atoms with E-state index in [9.17, 15) is 0 Å². The first-order chi connectivity index (χ1) is 9.88. The molecule has 3 heteroatoms. The van der Waals surface area contributed by atoms with Crippen LogP contribution in [0.3, 0.4) is 0 Å². The van der Waals surface area contributed by atoms with Crippen molar-refractivity contribution < 1.29 is 0 Å². The molecule has 0 saturated carbocycles. The van der Waals surface area contributed by atoms with Crippen molar-refractivity contribution in [2.24, 2.45) is 0 Å². The van der Waals surface area contributed by atoms with Crippen LogP contribution in [0.1, 0.15) is 48.2 Å². The van der Waals surface area contributed by atoms with Crippen LogP contribution in [-0.4, -0.2) is 0 Å². The highest BCUT2D eigenvalue weighted by Crippen LogP contribution is 2.27. The number of aryl methyl sites for hydroxylation is 2. The minimum atomic E-state index is 0.203. The lowest BCUT2D eigenvalue weighted by Gasteiger charge is -2.23. The van der Waals surface area contributed by atoms with Gasteiger partial charge in [0.05, 0.1) is 10.0 Å². The smallest absolute Gasteiger partial charge is 0.0595 e. The summed E-state index contributed by atoms with van der Waals surface area (Å²) in [6.45, 7) is 8.60. The third kappa shape index (κ3) is 4.00. The van der Waals surface area contributed by atoms with E-state index in [1.54, 1.807) is 0 Å². The molecule has 0 aliphatic heterocycles. The Bertz CT molecular complexity index is 637. The van der Waals surface area contributed by atoms with Crippen molar-refractivity contribution in [2.45, 2.75) is 39.8 Å². The molecule has 0 radical (unpaired) electrons. The zero-order chi connectivity index (χ0) is 15.6. The van der Waals surface area contributed by atoms with Gasteiger partial charge in [0.25, 0.3) is 0 Å². The molecule has 0 amide bonds. The molecule has 0 aromatic heterocycles. The number of halogens is 2. The van der Waals surface area contributed by atoms with E-state index in [0.29, 0.717) is 10.0 Å². The first-order valence-electron chi connectivity index (χ1n) is 7.16. The van der Waals surface area contributed by atoms with Crippen LogP contribution in [0.4, 0.5) is 0 Å². The molecule has 0 aliphatic carbocycles. The fourth-order valence-electron chi connectivity index (χ4n) is 2.57. The third-order valence-corrected chi connectivity index (χ3v) is 4.58. The van der Waals surface area contributed by atoms with Crippen LogP contribution >= 0.6 is 23.2 Å². The van der Waals surface area contributed by atoms with Crippen molar-refractivity contribution in [1.29, 1.82) is 0 Å². The van der Waals surface area contributed by atoms with Gasteiger partial charge in [-0.05, 0) is 56.5 Å². The zero-order valence-electron chi connectivity index (χ0n) is 12.9. The van der Waals surface area contributed by atoms with Crippen molar-refractivity contribution in [3.8, 4) is 0 Å². The molecule has 0 saturated heterocycles. The average molecular weight is 322 g/mol. The zero-order valence-corrected chi connectivity index (χ0v) is 14.4. The molecule has 2 rings (SSSR count). The van der Waals surface area contributed by atoms with Crippen LogP contribution in [-0.2, 0) is 0 Å². The Morgan fingerprint density at radius 1 is 0.857 bits per heavy atom.